The molecular formula is C41H43N7O5. The van der Waals surface area contributed by atoms with Crippen LogP contribution >= 0.6 is 0 Å². The molecule has 0 saturated carbocycles. The van der Waals surface area contributed by atoms with Gasteiger partial charge in [0.05, 0.1) is 11.3 Å². The number of para-hydroxylation sites is 1. The van der Waals surface area contributed by atoms with Crippen LogP contribution in [0.2, 0.25) is 0 Å². The van der Waals surface area contributed by atoms with Crippen molar-refractivity contribution in [3.63, 3.8) is 0 Å². The fourth-order valence-electron chi connectivity index (χ4n) is 8.09. The second-order valence-corrected chi connectivity index (χ2v) is 14.3. The van der Waals surface area contributed by atoms with Gasteiger partial charge in [-0.05, 0) is 98.1 Å². The molecule has 8 rings (SSSR count). The number of imide groups is 1. The molecule has 272 valence electrons. The second-order valence-electron chi connectivity index (χ2n) is 14.3. The largest absolute Gasteiger partial charge is 0.457 e. The van der Waals surface area contributed by atoms with Gasteiger partial charge in [-0.25, -0.2) is 4.98 Å². The number of hydrogen-bond donors (Lipinski definition) is 2. The quantitative estimate of drug-likeness (QED) is 0.245. The number of ether oxygens (including phenoxy) is 1. The predicted molar refractivity (Wildman–Crippen MR) is 199 cm³/mol. The normalized spacial score (nSPS) is 20.0. The van der Waals surface area contributed by atoms with Crippen LogP contribution in [0.5, 0.6) is 11.5 Å². The molecule has 0 aliphatic carbocycles. The molecule has 4 amide bonds. The summed E-state index contributed by atoms with van der Waals surface area (Å²) in [4.78, 5) is 63.4. The summed E-state index contributed by atoms with van der Waals surface area (Å²) >= 11 is 0. The van der Waals surface area contributed by atoms with Gasteiger partial charge in [-0.3, -0.25) is 34.3 Å². The second kappa shape index (κ2) is 14.8. The number of anilines is 1. The summed E-state index contributed by atoms with van der Waals surface area (Å²) in [6.45, 7) is 6.77. The van der Waals surface area contributed by atoms with Crippen molar-refractivity contribution in [2.75, 3.05) is 44.2 Å². The van der Waals surface area contributed by atoms with Crippen LogP contribution < -0.4 is 20.7 Å². The number of carbonyl (C=O) groups is 4. The Bertz CT molecular complexity index is 2020. The third-order valence-electron chi connectivity index (χ3n) is 11.0. The minimum absolute atomic E-state index is 0.138. The highest BCUT2D eigenvalue weighted by molar-refractivity contribution is 6.05. The van der Waals surface area contributed by atoms with Crippen LogP contribution in [0.25, 0.3) is 11.3 Å². The summed E-state index contributed by atoms with van der Waals surface area (Å²) in [6, 6.07) is 26.8. The van der Waals surface area contributed by atoms with Gasteiger partial charge in [-0.1, -0.05) is 30.3 Å². The molecule has 3 saturated heterocycles. The number of rotatable bonds is 9. The molecule has 1 unspecified atom stereocenters. The molecule has 3 fully saturated rings. The van der Waals surface area contributed by atoms with Crippen molar-refractivity contribution in [3.8, 4) is 22.8 Å². The number of nitrogens with one attached hydrogen (secondary N) is 1. The minimum atomic E-state index is -0.599. The van der Waals surface area contributed by atoms with Crippen molar-refractivity contribution in [2.45, 2.75) is 50.9 Å². The summed E-state index contributed by atoms with van der Waals surface area (Å²) in [5.74, 6) is 0.964. The number of likely N-dealkylation sites (tertiary alicyclic amines) is 1. The van der Waals surface area contributed by atoms with Gasteiger partial charge in [0.1, 0.15) is 23.4 Å². The minimum Gasteiger partial charge on any atom is -0.457 e. The molecule has 0 spiro atoms. The molecule has 0 radical (unpaired) electrons. The maximum absolute atomic E-state index is 13.1. The van der Waals surface area contributed by atoms with E-state index >= 15 is 0 Å². The van der Waals surface area contributed by atoms with Gasteiger partial charge < -0.3 is 20.3 Å². The monoisotopic (exact) mass is 713 g/mol. The van der Waals surface area contributed by atoms with Crippen LogP contribution in [0.1, 0.15) is 57.5 Å². The highest BCUT2D eigenvalue weighted by atomic mass is 16.5. The Balaban J connectivity index is 0.842. The average molecular weight is 714 g/mol. The number of pyridine rings is 1. The molecule has 4 aromatic rings. The molecule has 4 aliphatic rings. The highest BCUT2D eigenvalue weighted by Gasteiger charge is 2.39. The SMILES string of the molecule is NC(=O)c1ccc(N2CCN(C3CCN(Cc4ccc5c(c4)CN(C4CCC(=O)NC4=O)C5=O)CC3)CC2)nc1-c1ccc(Oc2ccccc2)cc1. The van der Waals surface area contributed by atoms with E-state index in [-0.39, 0.29) is 24.1 Å². The van der Waals surface area contributed by atoms with Crippen LogP contribution in [0.3, 0.4) is 0 Å². The topological polar surface area (TPSA) is 141 Å². The van der Waals surface area contributed by atoms with Crippen LogP contribution in [-0.4, -0.2) is 94.7 Å². The lowest BCUT2D eigenvalue weighted by Gasteiger charge is -2.43. The molecule has 3 N–H and O–H groups in total. The van der Waals surface area contributed by atoms with Gasteiger partial charge in [-0.2, -0.15) is 0 Å². The molecule has 12 heteroatoms. The van der Waals surface area contributed by atoms with E-state index in [1.807, 2.05) is 72.8 Å². The maximum atomic E-state index is 13.1. The van der Waals surface area contributed by atoms with Crippen LogP contribution in [-0.2, 0) is 22.7 Å². The number of nitrogens with zero attached hydrogens (tertiary/aromatic N) is 5. The van der Waals surface area contributed by atoms with Gasteiger partial charge in [-0.15, -0.1) is 0 Å². The van der Waals surface area contributed by atoms with Gasteiger partial charge in [0.2, 0.25) is 11.8 Å². The van der Waals surface area contributed by atoms with E-state index in [4.69, 9.17) is 15.5 Å². The Hall–Kier alpha value is -5.59. The van der Waals surface area contributed by atoms with Gasteiger partial charge in [0.15, 0.2) is 0 Å². The van der Waals surface area contributed by atoms with Crippen molar-refractivity contribution in [2.24, 2.45) is 5.73 Å². The third kappa shape index (κ3) is 7.37. The summed E-state index contributed by atoms with van der Waals surface area (Å²) < 4.78 is 5.94. The summed E-state index contributed by atoms with van der Waals surface area (Å²) in [5.41, 5.74) is 10.3. The fraction of sp³-hybridized carbons (Fsp3) is 0.341. The van der Waals surface area contributed by atoms with Crippen LogP contribution in [0.15, 0.2) is 84.9 Å². The molecular weight excluding hydrogens is 670 g/mol. The average Bonchev–Trinajstić information content (AvgIpc) is 3.50. The maximum Gasteiger partial charge on any atom is 0.255 e. The fourth-order valence-corrected chi connectivity index (χ4v) is 8.09. The Kier molecular flexibility index (Phi) is 9.63. The lowest BCUT2D eigenvalue weighted by molar-refractivity contribution is -0.136. The molecule has 1 atom stereocenters. The third-order valence-corrected chi connectivity index (χ3v) is 11.0. The number of piperazine rings is 1. The first-order chi connectivity index (χ1) is 25.8. The number of amides is 4. The molecule has 4 aliphatic heterocycles. The zero-order chi connectivity index (χ0) is 36.5. The molecule has 3 aromatic carbocycles. The van der Waals surface area contributed by atoms with Gasteiger partial charge >= 0.3 is 0 Å². The smallest absolute Gasteiger partial charge is 0.255 e. The molecule has 5 heterocycles. The van der Waals surface area contributed by atoms with Crippen molar-refractivity contribution < 1.29 is 23.9 Å². The van der Waals surface area contributed by atoms with E-state index in [0.29, 0.717) is 41.6 Å². The number of primary amides is 1. The Morgan fingerprint density at radius 1 is 0.830 bits per heavy atom. The van der Waals surface area contributed by atoms with Crippen molar-refractivity contribution in [1.82, 2.24) is 25.0 Å². The van der Waals surface area contributed by atoms with Crippen molar-refractivity contribution in [3.05, 3.63) is 107 Å². The van der Waals surface area contributed by atoms with E-state index in [9.17, 15) is 19.2 Å². The Labute approximate surface area is 308 Å². The first-order valence-electron chi connectivity index (χ1n) is 18.4. The zero-order valence-electron chi connectivity index (χ0n) is 29.6. The molecule has 12 nitrogen and oxygen atoms in total. The molecule has 0 bridgehead atoms. The van der Waals surface area contributed by atoms with Crippen LogP contribution in [0, 0.1) is 0 Å². The van der Waals surface area contributed by atoms with E-state index in [2.05, 4.69) is 26.1 Å². The zero-order valence-corrected chi connectivity index (χ0v) is 29.6. The van der Waals surface area contributed by atoms with Crippen molar-refractivity contribution in [1.29, 1.82) is 0 Å². The lowest BCUT2D eigenvalue weighted by Crippen LogP contribution is -2.53. The number of hydrogen-bond acceptors (Lipinski definition) is 9. The van der Waals surface area contributed by atoms with E-state index in [1.165, 1.54) is 5.56 Å². The summed E-state index contributed by atoms with van der Waals surface area (Å²) in [7, 11) is 0. The highest BCUT2D eigenvalue weighted by Crippen LogP contribution is 2.31. The Morgan fingerprint density at radius 3 is 2.28 bits per heavy atom. The Morgan fingerprint density at radius 2 is 1.57 bits per heavy atom. The van der Waals surface area contributed by atoms with E-state index in [0.717, 1.165) is 81.3 Å². The first-order valence-corrected chi connectivity index (χ1v) is 18.4. The van der Waals surface area contributed by atoms with E-state index in [1.54, 1.807) is 11.0 Å². The molecule has 1 aromatic heterocycles. The number of piperidine rings is 2. The van der Waals surface area contributed by atoms with Crippen molar-refractivity contribution >= 4 is 29.4 Å². The summed E-state index contributed by atoms with van der Waals surface area (Å²) in [5, 5.41) is 2.37. The number of nitrogens with two attached hydrogens (primary N) is 1. The first kappa shape index (κ1) is 34.5. The number of benzene rings is 3. The molecule has 53 heavy (non-hydrogen) atoms. The van der Waals surface area contributed by atoms with Gasteiger partial charge in [0, 0.05) is 62.9 Å². The van der Waals surface area contributed by atoms with Gasteiger partial charge in [0.25, 0.3) is 11.8 Å². The lowest BCUT2D eigenvalue weighted by atomic mass is 10.0. The summed E-state index contributed by atoms with van der Waals surface area (Å²) in [6.07, 6.45) is 2.80. The number of fused-ring (bicyclic) bond motifs is 1. The predicted octanol–water partition coefficient (Wildman–Crippen LogP) is 4.19. The number of aromatic nitrogens is 1. The van der Waals surface area contributed by atoms with E-state index < -0.39 is 11.9 Å². The number of carbonyl (C=O) groups excluding carboxylic acids is 4. The van der Waals surface area contributed by atoms with Crippen LogP contribution in [0.4, 0.5) is 5.82 Å². The standard InChI is InChI=1S/C41H43N7O5/c42-39(50)34-12-14-36(43-38(34)28-7-9-32(10-8-28)53-31-4-2-1-3-5-31)47-22-20-46(21-23-47)30-16-18-45(19-17-30)25-27-6-11-33-29(24-27)26-48(41(33)52)35-13-15-37(49)44-40(35)51/h1-12,14,24,30,35H,13,15-23,25-26H2,(H2,42,50)(H,44,49,51).